The minimum Gasteiger partial charge on any atom is -0.378 e. The molecule has 4 rings (SSSR count). The number of thiazole rings is 1. The van der Waals surface area contributed by atoms with Crippen molar-refractivity contribution in [3.63, 3.8) is 0 Å². The van der Waals surface area contributed by atoms with Crippen LogP contribution in [0.2, 0.25) is 0 Å². The van der Waals surface area contributed by atoms with Crippen LogP contribution in [0.15, 0.2) is 29.7 Å². The molecule has 2 fully saturated rings. The van der Waals surface area contributed by atoms with Gasteiger partial charge in [0.05, 0.1) is 48.5 Å². The third-order valence-corrected chi connectivity index (χ3v) is 5.80. The van der Waals surface area contributed by atoms with Gasteiger partial charge in [0, 0.05) is 43.3 Å². The van der Waals surface area contributed by atoms with Gasteiger partial charge in [-0.1, -0.05) is 0 Å². The molecule has 1 amide bonds. The Morgan fingerprint density at radius 3 is 2.45 bits per heavy atom. The molecular formula is C21H26N4O3S. The van der Waals surface area contributed by atoms with E-state index in [9.17, 15) is 4.79 Å². The van der Waals surface area contributed by atoms with Crippen molar-refractivity contribution in [2.45, 2.75) is 6.92 Å². The van der Waals surface area contributed by atoms with Gasteiger partial charge in [0.15, 0.2) is 0 Å². The number of carbonyl (C=O) groups excluding carboxylic acids is 1. The van der Waals surface area contributed by atoms with Crippen LogP contribution in [-0.2, 0) is 14.3 Å². The maximum absolute atomic E-state index is 12.5. The van der Waals surface area contributed by atoms with Crippen molar-refractivity contribution in [1.29, 1.82) is 0 Å². The predicted molar refractivity (Wildman–Crippen MR) is 117 cm³/mol. The van der Waals surface area contributed by atoms with Crippen molar-refractivity contribution < 1.29 is 14.3 Å². The zero-order chi connectivity index (χ0) is 20.1. The minimum atomic E-state index is -0.163. The topological polar surface area (TPSA) is 66.9 Å². The number of morpholine rings is 2. The number of rotatable bonds is 5. The van der Waals surface area contributed by atoms with E-state index in [0.717, 1.165) is 67.2 Å². The molecule has 0 atom stereocenters. The zero-order valence-corrected chi connectivity index (χ0v) is 17.4. The Labute approximate surface area is 174 Å². The molecule has 29 heavy (non-hydrogen) atoms. The highest BCUT2D eigenvalue weighted by molar-refractivity contribution is 7.09. The third-order valence-electron chi connectivity index (χ3n) is 5.01. The van der Waals surface area contributed by atoms with Gasteiger partial charge in [0.2, 0.25) is 5.91 Å². The molecule has 0 aliphatic carbocycles. The summed E-state index contributed by atoms with van der Waals surface area (Å²) in [5, 5.41) is 5.96. The van der Waals surface area contributed by atoms with Crippen LogP contribution in [0, 0.1) is 6.92 Å². The van der Waals surface area contributed by atoms with Gasteiger partial charge in [-0.3, -0.25) is 4.79 Å². The Balaban J connectivity index is 1.53. The summed E-state index contributed by atoms with van der Waals surface area (Å²) >= 11 is 1.57. The number of aromatic nitrogens is 1. The largest absolute Gasteiger partial charge is 0.378 e. The van der Waals surface area contributed by atoms with Crippen molar-refractivity contribution >= 4 is 40.4 Å². The highest BCUT2D eigenvalue weighted by Gasteiger charge is 2.19. The summed E-state index contributed by atoms with van der Waals surface area (Å²) in [5.74, 6) is -0.163. The standard InChI is InChI=1S/C21H26N4O3S/c1-16-22-17(15-29-16)2-5-21(26)23-19-4-3-18(24-6-10-27-11-7-24)14-20(19)25-8-12-28-13-9-25/h2-5,14-15H,6-13H2,1H3,(H,23,26)/b5-2+. The molecule has 2 aromatic rings. The van der Waals surface area contributed by atoms with Crippen LogP contribution in [0.5, 0.6) is 0 Å². The molecule has 7 nitrogen and oxygen atoms in total. The second-order valence-corrected chi connectivity index (χ2v) is 8.08. The quantitative estimate of drug-likeness (QED) is 0.759. The number of hydrogen-bond donors (Lipinski definition) is 1. The Morgan fingerprint density at radius 2 is 1.79 bits per heavy atom. The van der Waals surface area contributed by atoms with Crippen LogP contribution in [0.3, 0.4) is 0 Å². The third kappa shape index (κ3) is 5.14. The number of hydrogen-bond acceptors (Lipinski definition) is 7. The fraction of sp³-hybridized carbons (Fsp3) is 0.429. The number of amides is 1. The van der Waals surface area contributed by atoms with E-state index in [0.29, 0.717) is 13.2 Å². The first-order chi connectivity index (χ1) is 14.2. The fourth-order valence-corrected chi connectivity index (χ4v) is 4.08. The monoisotopic (exact) mass is 414 g/mol. The van der Waals surface area contributed by atoms with Crippen molar-refractivity contribution in [3.8, 4) is 0 Å². The molecule has 2 aliphatic heterocycles. The number of carbonyl (C=O) groups is 1. The molecule has 1 aromatic heterocycles. The number of anilines is 3. The molecule has 2 aliphatic rings. The molecular weight excluding hydrogens is 388 g/mol. The molecule has 8 heteroatoms. The lowest BCUT2D eigenvalue weighted by Gasteiger charge is -2.33. The Hall–Kier alpha value is -2.42. The fourth-order valence-electron chi connectivity index (χ4n) is 3.50. The molecule has 154 valence electrons. The number of ether oxygens (including phenoxy) is 2. The van der Waals surface area contributed by atoms with E-state index in [1.807, 2.05) is 18.4 Å². The lowest BCUT2D eigenvalue weighted by molar-refractivity contribution is -0.111. The Bertz CT molecular complexity index is 871. The molecule has 2 saturated heterocycles. The highest BCUT2D eigenvalue weighted by atomic mass is 32.1. The lowest BCUT2D eigenvalue weighted by atomic mass is 10.1. The first-order valence-electron chi connectivity index (χ1n) is 9.90. The summed E-state index contributed by atoms with van der Waals surface area (Å²) in [4.78, 5) is 21.5. The second-order valence-electron chi connectivity index (χ2n) is 7.01. The summed E-state index contributed by atoms with van der Waals surface area (Å²) in [6.07, 6.45) is 3.28. The van der Waals surface area contributed by atoms with Crippen LogP contribution >= 0.6 is 11.3 Å². The Morgan fingerprint density at radius 1 is 1.10 bits per heavy atom. The summed E-state index contributed by atoms with van der Waals surface area (Å²) in [5.41, 5.74) is 3.80. The summed E-state index contributed by atoms with van der Waals surface area (Å²) in [7, 11) is 0. The maximum atomic E-state index is 12.5. The Kier molecular flexibility index (Phi) is 6.43. The van der Waals surface area contributed by atoms with Crippen molar-refractivity contribution in [2.24, 2.45) is 0 Å². The number of nitrogens with zero attached hydrogens (tertiary/aromatic N) is 3. The average Bonchev–Trinajstić information content (AvgIpc) is 3.19. The smallest absolute Gasteiger partial charge is 0.248 e. The van der Waals surface area contributed by atoms with E-state index in [4.69, 9.17) is 9.47 Å². The highest BCUT2D eigenvalue weighted by Crippen LogP contribution is 2.32. The number of aryl methyl sites for hydroxylation is 1. The zero-order valence-electron chi connectivity index (χ0n) is 16.6. The molecule has 1 N–H and O–H groups in total. The van der Waals surface area contributed by atoms with Crippen LogP contribution in [0.1, 0.15) is 10.7 Å². The average molecular weight is 415 g/mol. The predicted octanol–water partition coefficient (Wildman–Crippen LogP) is 2.78. The van der Waals surface area contributed by atoms with Crippen molar-refractivity contribution in [2.75, 3.05) is 67.7 Å². The van der Waals surface area contributed by atoms with E-state index >= 15 is 0 Å². The number of benzene rings is 1. The van der Waals surface area contributed by atoms with Crippen LogP contribution in [-0.4, -0.2) is 63.5 Å². The van der Waals surface area contributed by atoms with Gasteiger partial charge < -0.3 is 24.6 Å². The van der Waals surface area contributed by atoms with Crippen molar-refractivity contribution in [3.05, 3.63) is 40.4 Å². The van der Waals surface area contributed by atoms with E-state index in [2.05, 4.69) is 32.2 Å². The van der Waals surface area contributed by atoms with Crippen LogP contribution in [0.25, 0.3) is 6.08 Å². The molecule has 1 aromatic carbocycles. The molecule has 0 spiro atoms. The molecule has 3 heterocycles. The number of nitrogens with one attached hydrogen (secondary N) is 1. The first kappa shape index (κ1) is 19.9. The van der Waals surface area contributed by atoms with Crippen molar-refractivity contribution in [1.82, 2.24) is 4.98 Å². The van der Waals surface area contributed by atoms with Gasteiger partial charge in [0.1, 0.15) is 0 Å². The summed E-state index contributed by atoms with van der Waals surface area (Å²) in [6, 6.07) is 6.23. The minimum absolute atomic E-state index is 0.163. The SMILES string of the molecule is Cc1nc(/C=C/C(=O)Nc2ccc(N3CCOCC3)cc2N2CCOCC2)cs1. The lowest BCUT2D eigenvalue weighted by Crippen LogP contribution is -2.38. The maximum Gasteiger partial charge on any atom is 0.248 e. The molecule has 0 unspecified atom stereocenters. The van der Waals surface area contributed by atoms with Gasteiger partial charge in [-0.2, -0.15) is 0 Å². The van der Waals surface area contributed by atoms with Gasteiger partial charge in [-0.15, -0.1) is 11.3 Å². The van der Waals surface area contributed by atoms with Gasteiger partial charge in [-0.05, 0) is 31.2 Å². The summed E-state index contributed by atoms with van der Waals surface area (Å²) in [6.45, 7) is 8.20. The molecule has 0 saturated carbocycles. The van der Waals surface area contributed by atoms with E-state index in [-0.39, 0.29) is 5.91 Å². The summed E-state index contributed by atoms with van der Waals surface area (Å²) < 4.78 is 11.0. The van der Waals surface area contributed by atoms with Crippen LogP contribution in [0.4, 0.5) is 17.1 Å². The van der Waals surface area contributed by atoms with Gasteiger partial charge in [-0.25, -0.2) is 4.98 Å². The van der Waals surface area contributed by atoms with E-state index in [1.165, 1.54) is 6.08 Å². The van der Waals surface area contributed by atoms with Crippen LogP contribution < -0.4 is 15.1 Å². The van der Waals surface area contributed by atoms with E-state index in [1.54, 1.807) is 17.4 Å². The van der Waals surface area contributed by atoms with Gasteiger partial charge >= 0.3 is 0 Å². The molecule has 0 radical (unpaired) electrons. The molecule has 0 bridgehead atoms. The second kappa shape index (κ2) is 9.39. The van der Waals surface area contributed by atoms with Gasteiger partial charge in [0.25, 0.3) is 0 Å². The van der Waals surface area contributed by atoms with E-state index < -0.39 is 0 Å². The normalized spacial score (nSPS) is 17.7. The first-order valence-corrected chi connectivity index (χ1v) is 10.8.